The number of rotatable bonds is 2. The van der Waals surface area contributed by atoms with Crippen LogP contribution in [0.4, 0.5) is 0 Å². The van der Waals surface area contributed by atoms with E-state index in [1.807, 2.05) is 42.5 Å². The highest BCUT2D eigenvalue weighted by Gasteiger charge is 2.13. The van der Waals surface area contributed by atoms with Crippen molar-refractivity contribution in [1.82, 2.24) is 0 Å². The van der Waals surface area contributed by atoms with Gasteiger partial charge >= 0.3 is 0 Å². The Morgan fingerprint density at radius 1 is 0.577 bits per heavy atom. The largest absolute Gasteiger partial charge is 0.455 e. The van der Waals surface area contributed by atoms with Crippen LogP contribution in [0.15, 0.2) is 95.4 Å². The van der Waals surface area contributed by atoms with Crippen molar-refractivity contribution >= 4 is 35.2 Å². The van der Waals surface area contributed by atoms with Gasteiger partial charge in [0.05, 0.1) is 0 Å². The first kappa shape index (κ1) is 15.0. The normalized spacial score (nSPS) is 11.2. The first-order chi connectivity index (χ1) is 12.8. The Bertz CT molecular complexity index is 1240. The molecule has 0 fully saturated rings. The molecule has 1 nitrogen and oxygen atoms in total. The number of fused-ring (bicyclic) bond motifs is 3. The summed E-state index contributed by atoms with van der Waals surface area (Å²) in [7, 11) is 6.43. The second kappa shape index (κ2) is 5.92. The maximum atomic E-state index is 6.43. The fourth-order valence-electron chi connectivity index (χ4n) is 3.58. The molecule has 0 aliphatic heterocycles. The predicted octanol–water partition coefficient (Wildman–Crippen LogP) is 5.71. The van der Waals surface area contributed by atoms with Gasteiger partial charge in [0.25, 0.3) is 0 Å². The van der Waals surface area contributed by atoms with E-state index in [2.05, 4.69) is 48.5 Å². The molecule has 4 aromatic carbocycles. The van der Waals surface area contributed by atoms with Crippen LogP contribution in [-0.2, 0) is 0 Å². The van der Waals surface area contributed by atoms with Gasteiger partial charge in [0, 0.05) is 16.3 Å². The summed E-state index contributed by atoms with van der Waals surface area (Å²) in [6.45, 7) is 0. The molecule has 0 N–H and O–H groups in total. The Morgan fingerprint density at radius 2 is 1.35 bits per heavy atom. The van der Waals surface area contributed by atoms with Crippen LogP contribution in [0.5, 0.6) is 0 Å². The Labute approximate surface area is 153 Å². The number of hydrogen-bond acceptors (Lipinski definition) is 1. The van der Waals surface area contributed by atoms with Crippen molar-refractivity contribution in [3.05, 3.63) is 91.0 Å². The molecule has 5 rings (SSSR count). The van der Waals surface area contributed by atoms with Crippen molar-refractivity contribution in [2.45, 2.75) is 0 Å². The molecule has 0 saturated heterocycles. The van der Waals surface area contributed by atoms with Gasteiger partial charge in [-0.3, -0.25) is 0 Å². The highest BCUT2D eigenvalue weighted by atomic mass is 16.3. The molecule has 1 aromatic heterocycles. The molecule has 2 heteroatoms. The van der Waals surface area contributed by atoms with Crippen molar-refractivity contribution < 1.29 is 4.42 Å². The van der Waals surface area contributed by atoms with Gasteiger partial charge in [-0.1, -0.05) is 90.4 Å². The molecule has 0 bridgehead atoms. The fourth-order valence-corrected chi connectivity index (χ4v) is 3.58. The summed E-state index contributed by atoms with van der Waals surface area (Å²) in [4.78, 5) is 0. The third-order valence-electron chi connectivity index (χ3n) is 4.85. The Morgan fingerprint density at radius 3 is 2.19 bits per heavy atom. The summed E-state index contributed by atoms with van der Waals surface area (Å²) in [5.41, 5.74) is 6.82. The molecule has 0 amide bonds. The third kappa shape index (κ3) is 2.34. The standard InChI is InChI=1S/C24H15BO/c25-22-15-17(16-7-2-1-3-8-16)13-14-18(22)20-10-6-11-21-19-9-4-5-12-23(19)26-24(20)21/h1-15H. The monoisotopic (exact) mass is 330 g/mol. The van der Waals surface area contributed by atoms with Gasteiger partial charge < -0.3 is 4.42 Å². The van der Waals surface area contributed by atoms with E-state index in [0.717, 1.165) is 49.7 Å². The molecule has 0 atom stereocenters. The highest BCUT2D eigenvalue weighted by molar-refractivity contribution is 6.37. The number of benzene rings is 4. The molecule has 0 saturated carbocycles. The molecule has 1 heterocycles. The van der Waals surface area contributed by atoms with Crippen LogP contribution in [-0.4, -0.2) is 7.85 Å². The van der Waals surface area contributed by atoms with Gasteiger partial charge in [0.2, 0.25) is 0 Å². The summed E-state index contributed by atoms with van der Waals surface area (Å²) in [5.74, 6) is 0. The van der Waals surface area contributed by atoms with Crippen molar-refractivity contribution in [3.63, 3.8) is 0 Å². The van der Waals surface area contributed by atoms with Gasteiger partial charge in [-0.2, -0.15) is 0 Å². The number of furan rings is 1. The van der Waals surface area contributed by atoms with Crippen LogP contribution in [0.1, 0.15) is 0 Å². The summed E-state index contributed by atoms with van der Waals surface area (Å²) >= 11 is 0. The second-order valence-electron chi connectivity index (χ2n) is 6.45. The summed E-state index contributed by atoms with van der Waals surface area (Å²) in [6, 6.07) is 30.8. The average molecular weight is 330 g/mol. The Hall–Kier alpha value is -3.26. The lowest BCUT2D eigenvalue weighted by Crippen LogP contribution is -2.07. The Balaban J connectivity index is 1.71. The van der Waals surface area contributed by atoms with Crippen LogP contribution in [0, 0.1) is 0 Å². The maximum absolute atomic E-state index is 6.43. The zero-order valence-electron chi connectivity index (χ0n) is 14.1. The van der Waals surface area contributed by atoms with Gasteiger partial charge in [0.15, 0.2) is 0 Å². The second-order valence-corrected chi connectivity index (χ2v) is 6.45. The van der Waals surface area contributed by atoms with Crippen molar-refractivity contribution in [2.75, 3.05) is 0 Å². The number of para-hydroxylation sites is 2. The van der Waals surface area contributed by atoms with E-state index >= 15 is 0 Å². The van der Waals surface area contributed by atoms with E-state index in [4.69, 9.17) is 12.3 Å². The smallest absolute Gasteiger partial charge is 0.143 e. The van der Waals surface area contributed by atoms with Crippen molar-refractivity contribution in [1.29, 1.82) is 0 Å². The minimum Gasteiger partial charge on any atom is -0.455 e. The van der Waals surface area contributed by atoms with E-state index < -0.39 is 0 Å². The van der Waals surface area contributed by atoms with E-state index in [1.165, 1.54) is 0 Å². The van der Waals surface area contributed by atoms with Gasteiger partial charge in [-0.15, -0.1) is 0 Å². The topological polar surface area (TPSA) is 13.1 Å². The first-order valence-electron chi connectivity index (χ1n) is 8.67. The molecule has 0 spiro atoms. The minimum absolute atomic E-state index is 0.749. The maximum Gasteiger partial charge on any atom is 0.143 e. The molecule has 26 heavy (non-hydrogen) atoms. The lowest BCUT2D eigenvalue weighted by atomic mass is 9.84. The minimum atomic E-state index is 0.749. The molecule has 0 unspecified atom stereocenters. The van der Waals surface area contributed by atoms with E-state index in [9.17, 15) is 0 Å². The predicted molar refractivity (Wildman–Crippen MR) is 110 cm³/mol. The Kier molecular flexibility index (Phi) is 3.43. The van der Waals surface area contributed by atoms with E-state index in [1.54, 1.807) is 0 Å². The van der Waals surface area contributed by atoms with E-state index in [0.29, 0.717) is 0 Å². The van der Waals surface area contributed by atoms with Crippen molar-refractivity contribution in [3.8, 4) is 22.3 Å². The fraction of sp³-hybridized carbons (Fsp3) is 0. The lowest BCUT2D eigenvalue weighted by Gasteiger charge is -2.10. The summed E-state index contributed by atoms with van der Waals surface area (Å²) in [6.07, 6.45) is 0. The summed E-state index contributed by atoms with van der Waals surface area (Å²) < 4.78 is 6.15. The molecule has 0 aliphatic rings. The molecule has 2 radical (unpaired) electrons. The zero-order chi connectivity index (χ0) is 17.5. The number of hydrogen-bond donors (Lipinski definition) is 0. The molecule has 0 aliphatic carbocycles. The van der Waals surface area contributed by atoms with Gasteiger partial charge in [-0.25, -0.2) is 0 Å². The van der Waals surface area contributed by atoms with Crippen LogP contribution in [0.2, 0.25) is 0 Å². The molecular weight excluding hydrogens is 315 g/mol. The zero-order valence-corrected chi connectivity index (χ0v) is 14.1. The first-order valence-corrected chi connectivity index (χ1v) is 8.67. The average Bonchev–Trinajstić information content (AvgIpc) is 3.08. The van der Waals surface area contributed by atoms with E-state index in [-0.39, 0.29) is 0 Å². The van der Waals surface area contributed by atoms with Crippen LogP contribution < -0.4 is 5.46 Å². The van der Waals surface area contributed by atoms with Crippen LogP contribution in [0.3, 0.4) is 0 Å². The van der Waals surface area contributed by atoms with Crippen LogP contribution >= 0.6 is 0 Å². The third-order valence-corrected chi connectivity index (χ3v) is 4.85. The quantitative estimate of drug-likeness (QED) is 0.378. The van der Waals surface area contributed by atoms with Gasteiger partial charge in [0.1, 0.15) is 19.0 Å². The SMILES string of the molecule is [B]c1cc(-c2ccccc2)ccc1-c1cccc2c1oc1ccccc12. The molecular formula is C24H15BO. The molecule has 5 aromatic rings. The van der Waals surface area contributed by atoms with Gasteiger partial charge in [-0.05, 0) is 22.8 Å². The van der Waals surface area contributed by atoms with Crippen molar-refractivity contribution in [2.24, 2.45) is 0 Å². The lowest BCUT2D eigenvalue weighted by molar-refractivity contribution is 0.670. The molecule has 120 valence electrons. The summed E-state index contributed by atoms with van der Waals surface area (Å²) in [5, 5.41) is 2.24. The highest BCUT2D eigenvalue weighted by Crippen LogP contribution is 2.35. The van der Waals surface area contributed by atoms with Crippen LogP contribution in [0.25, 0.3) is 44.2 Å².